The van der Waals surface area contributed by atoms with Gasteiger partial charge in [0.05, 0.1) is 12.6 Å². The van der Waals surface area contributed by atoms with E-state index in [4.69, 9.17) is 16.3 Å². The van der Waals surface area contributed by atoms with Gasteiger partial charge in [0.25, 0.3) is 0 Å². The molecule has 1 saturated carbocycles. The molecule has 2 fully saturated rings. The molecule has 0 radical (unpaired) electrons. The summed E-state index contributed by atoms with van der Waals surface area (Å²) in [5.74, 6) is 0. The molecular formula is C8H12ClNO6. The molecule has 6 atom stereocenters. The normalized spacial score (nSPS) is 51.8. The summed E-state index contributed by atoms with van der Waals surface area (Å²) < 4.78 is 4.78. The van der Waals surface area contributed by atoms with E-state index < -0.39 is 48.0 Å². The largest absolute Gasteiger partial charge is 0.436 e. The maximum absolute atomic E-state index is 11.2. The van der Waals surface area contributed by atoms with E-state index in [-0.39, 0.29) is 0 Å². The average molecular weight is 254 g/mol. The van der Waals surface area contributed by atoms with Crippen LogP contribution >= 0.6 is 11.6 Å². The lowest BCUT2D eigenvalue weighted by Gasteiger charge is -2.53. The number of fused-ring (bicyclic) bond motifs is 2. The smallest absolute Gasteiger partial charge is 0.408 e. The van der Waals surface area contributed by atoms with Crippen LogP contribution in [0.3, 0.4) is 0 Å². The van der Waals surface area contributed by atoms with Crippen LogP contribution in [0.15, 0.2) is 0 Å². The molecular weight excluding hydrogens is 242 g/mol. The minimum atomic E-state index is -1.78. The number of ether oxygens (including phenoxy) is 1. The zero-order valence-corrected chi connectivity index (χ0v) is 8.83. The van der Waals surface area contributed by atoms with Crippen LogP contribution in [-0.4, -0.2) is 68.5 Å². The summed E-state index contributed by atoms with van der Waals surface area (Å²) >= 11 is 5.93. The van der Waals surface area contributed by atoms with E-state index in [9.17, 15) is 25.2 Å². The van der Waals surface area contributed by atoms with Gasteiger partial charge in [-0.2, -0.15) is 0 Å². The first-order valence-electron chi connectivity index (χ1n) is 4.72. The fourth-order valence-electron chi connectivity index (χ4n) is 2.15. The Morgan fingerprint density at radius 3 is 2.56 bits per heavy atom. The van der Waals surface area contributed by atoms with Crippen molar-refractivity contribution in [2.24, 2.45) is 0 Å². The second-order valence-corrected chi connectivity index (χ2v) is 4.47. The topological polar surface area (TPSA) is 119 Å². The van der Waals surface area contributed by atoms with Gasteiger partial charge >= 0.3 is 6.09 Å². The van der Waals surface area contributed by atoms with Gasteiger partial charge in [-0.1, -0.05) is 0 Å². The van der Waals surface area contributed by atoms with E-state index in [1.54, 1.807) is 0 Å². The molecule has 0 aromatic heterocycles. The number of aliphatic hydroxyl groups excluding tert-OH is 4. The molecule has 1 heterocycles. The third-order valence-electron chi connectivity index (χ3n) is 3.14. The third-order valence-corrected chi connectivity index (χ3v) is 3.78. The lowest BCUT2D eigenvalue weighted by Crippen LogP contribution is -2.78. The van der Waals surface area contributed by atoms with E-state index >= 15 is 0 Å². The Kier molecular flexibility index (Phi) is 2.75. The van der Waals surface area contributed by atoms with Gasteiger partial charge in [-0.15, -0.1) is 11.6 Å². The van der Waals surface area contributed by atoms with Crippen LogP contribution in [0.5, 0.6) is 0 Å². The quantitative estimate of drug-likeness (QED) is 0.331. The van der Waals surface area contributed by atoms with Crippen molar-refractivity contribution >= 4 is 17.7 Å². The monoisotopic (exact) mass is 253 g/mol. The zero-order chi connectivity index (χ0) is 12.1. The van der Waals surface area contributed by atoms with Crippen molar-refractivity contribution in [3.63, 3.8) is 0 Å². The minimum absolute atomic E-state index is 0.740. The van der Waals surface area contributed by atoms with Crippen molar-refractivity contribution in [3.05, 3.63) is 0 Å². The van der Waals surface area contributed by atoms with Crippen molar-refractivity contribution < 1.29 is 30.0 Å². The standard InChI is InChI=1S/C8H12ClNO6/c9-5-2-3(12)4(13)6(14)8(5,1-11)16-7(15)10-2/h2-6,11-14H,1H2,(H,10,15). The Labute approximate surface area is 95.6 Å². The number of rotatable bonds is 1. The first kappa shape index (κ1) is 11.9. The number of hydrogen-bond donors (Lipinski definition) is 5. The molecule has 6 unspecified atom stereocenters. The molecule has 16 heavy (non-hydrogen) atoms. The summed E-state index contributed by atoms with van der Waals surface area (Å²) in [6.45, 7) is -0.740. The number of hydrogen-bond acceptors (Lipinski definition) is 6. The Morgan fingerprint density at radius 1 is 1.38 bits per heavy atom. The molecule has 0 spiro atoms. The number of halogens is 1. The molecule has 2 bridgehead atoms. The molecule has 7 nitrogen and oxygen atoms in total. The van der Waals surface area contributed by atoms with Crippen molar-refractivity contribution in [3.8, 4) is 0 Å². The lowest BCUT2D eigenvalue weighted by atomic mass is 9.75. The molecule has 0 aromatic carbocycles. The highest BCUT2D eigenvalue weighted by Gasteiger charge is 2.63. The van der Waals surface area contributed by atoms with Crippen molar-refractivity contribution in [1.82, 2.24) is 5.32 Å². The van der Waals surface area contributed by atoms with Crippen molar-refractivity contribution in [2.45, 2.75) is 35.3 Å². The van der Waals surface area contributed by atoms with Crippen molar-refractivity contribution in [1.29, 1.82) is 0 Å². The van der Waals surface area contributed by atoms with Crippen LogP contribution in [0.1, 0.15) is 0 Å². The Bertz CT molecular complexity index is 309. The number of carbonyl (C=O) groups excluding carboxylic acids is 1. The number of amides is 1. The number of aliphatic hydroxyl groups is 4. The van der Waals surface area contributed by atoms with Crippen LogP contribution in [0.4, 0.5) is 4.79 Å². The van der Waals surface area contributed by atoms with Crippen LogP contribution in [-0.2, 0) is 4.74 Å². The number of carbonyl (C=O) groups is 1. The van der Waals surface area contributed by atoms with Crippen LogP contribution in [0.25, 0.3) is 0 Å². The molecule has 2 aliphatic rings. The summed E-state index contributed by atoms with van der Waals surface area (Å²) in [5, 5.41) is 39.3. The van der Waals surface area contributed by atoms with Gasteiger partial charge in [0.15, 0.2) is 5.60 Å². The van der Waals surface area contributed by atoms with Gasteiger partial charge in [0.2, 0.25) is 0 Å². The average Bonchev–Trinajstić information content (AvgIpc) is 2.27. The molecule has 2 rings (SSSR count). The molecule has 8 heteroatoms. The first-order chi connectivity index (χ1) is 7.44. The third kappa shape index (κ3) is 1.33. The highest BCUT2D eigenvalue weighted by molar-refractivity contribution is 6.22. The van der Waals surface area contributed by atoms with Gasteiger partial charge in [-0.25, -0.2) is 4.79 Å². The highest BCUT2D eigenvalue weighted by atomic mass is 35.5. The first-order valence-corrected chi connectivity index (χ1v) is 5.16. The summed E-state index contributed by atoms with van der Waals surface area (Å²) in [4.78, 5) is 11.2. The number of nitrogens with one attached hydrogen (secondary N) is 1. The second kappa shape index (κ2) is 3.71. The van der Waals surface area contributed by atoms with Crippen molar-refractivity contribution in [2.75, 3.05) is 6.61 Å². The van der Waals surface area contributed by atoms with Crippen LogP contribution in [0, 0.1) is 0 Å². The molecule has 5 N–H and O–H groups in total. The van der Waals surface area contributed by atoms with Crippen LogP contribution < -0.4 is 5.32 Å². The molecule has 0 aromatic rings. The van der Waals surface area contributed by atoms with E-state index in [0.29, 0.717) is 0 Å². The van der Waals surface area contributed by atoms with E-state index in [1.807, 2.05) is 0 Å². The predicted octanol–water partition coefficient (Wildman–Crippen LogP) is -2.47. The lowest BCUT2D eigenvalue weighted by molar-refractivity contribution is -0.216. The van der Waals surface area contributed by atoms with E-state index in [2.05, 4.69) is 5.32 Å². The maximum Gasteiger partial charge on any atom is 0.408 e. The zero-order valence-electron chi connectivity index (χ0n) is 8.08. The van der Waals surface area contributed by atoms with E-state index in [1.165, 1.54) is 0 Å². The predicted molar refractivity (Wildman–Crippen MR) is 50.9 cm³/mol. The Balaban J connectivity index is 2.42. The molecule has 1 saturated heterocycles. The van der Waals surface area contributed by atoms with Gasteiger partial charge in [0.1, 0.15) is 23.7 Å². The Morgan fingerprint density at radius 2 is 2.00 bits per heavy atom. The molecule has 1 amide bonds. The number of alkyl halides is 1. The SMILES string of the molecule is O=C1NC2C(O)C(O)C(O)C(CO)(O1)C2Cl. The highest BCUT2D eigenvalue weighted by Crippen LogP contribution is 2.39. The van der Waals surface area contributed by atoms with Gasteiger partial charge in [-0.05, 0) is 0 Å². The van der Waals surface area contributed by atoms with Gasteiger partial charge in [-0.3, -0.25) is 0 Å². The van der Waals surface area contributed by atoms with Gasteiger partial charge in [0, 0.05) is 0 Å². The van der Waals surface area contributed by atoms with E-state index in [0.717, 1.165) is 0 Å². The van der Waals surface area contributed by atoms with Gasteiger partial charge < -0.3 is 30.5 Å². The summed E-state index contributed by atoms with van der Waals surface area (Å²) in [5.41, 5.74) is -1.78. The molecule has 1 aliphatic carbocycles. The summed E-state index contributed by atoms with van der Waals surface area (Å²) in [7, 11) is 0. The summed E-state index contributed by atoms with van der Waals surface area (Å²) in [6.07, 6.45) is -5.50. The molecule has 92 valence electrons. The maximum atomic E-state index is 11.2. The fourth-order valence-corrected chi connectivity index (χ4v) is 2.61. The number of alkyl carbamates (subject to hydrolysis) is 1. The minimum Gasteiger partial charge on any atom is -0.436 e. The molecule has 1 aliphatic heterocycles. The fraction of sp³-hybridized carbons (Fsp3) is 0.875. The Hall–Kier alpha value is -0.600. The van der Waals surface area contributed by atoms with Crippen LogP contribution in [0.2, 0.25) is 0 Å². The second-order valence-electron chi connectivity index (χ2n) is 4.00. The summed E-state index contributed by atoms with van der Waals surface area (Å²) in [6, 6.07) is -0.978.